The number of nitrogens with one attached hydrogen (secondary N) is 2. The van der Waals surface area contributed by atoms with E-state index in [4.69, 9.17) is 11.5 Å². The predicted octanol–water partition coefficient (Wildman–Crippen LogP) is -1.52. The van der Waals surface area contributed by atoms with Gasteiger partial charge in [-0.25, -0.2) is 9.97 Å². The zero-order valence-electron chi connectivity index (χ0n) is 12.8. The van der Waals surface area contributed by atoms with Crippen molar-refractivity contribution in [3.8, 4) is 0 Å². The number of imidazole rings is 2. The van der Waals surface area contributed by atoms with Crippen LogP contribution in [0.2, 0.25) is 0 Å². The third kappa shape index (κ3) is 2.45. The highest BCUT2D eigenvalue weighted by Crippen LogP contribution is 2.03. The maximum atomic E-state index is 11.4. The Morgan fingerprint density at radius 2 is 1.83 bits per heavy atom. The van der Waals surface area contributed by atoms with Gasteiger partial charge in [0.1, 0.15) is 0 Å². The highest BCUT2D eigenvalue weighted by molar-refractivity contribution is 5.70. The van der Waals surface area contributed by atoms with Crippen molar-refractivity contribution in [2.75, 3.05) is 11.5 Å². The van der Waals surface area contributed by atoms with Gasteiger partial charge < -0.3 is 21.0 Å². The van der Waals surface area contributed by atoms with Gasteiger partial charge >= 0.3 is 0 Å². The van der Waals surface area contributed by atoms with Gasteiger partial charge in [-0.15, -0.1) is 0 Å². The van der Waals surface area contributed by atoms with Gasteiger partial charge in [0.15, 0.2) is 22.3 Å². The van der Waals surface area contributed by atoms with Gasteiger partial charge in [0.05, 0.1) is 12.7 Å². The molecule has 0 amide bonds. The number of nitrogen functional groups attached to an aromatic ring is 2. The number of rotatable bonds is 0. The Morgan fingerprint density at radius 3 is 2.58 bits per heavy atom. The Labute approximate surface area is 133 Å². The van der Waals surface area contributed by atoms with Crippen LogP contribution in [0.3, 0.4) is 0 Å². The number of aromatic nitrogens is 8. The Morgan fingerprint density at radius 1 is 1.08 bits per heavy atom. The van der Waals surface area contributed by atoms with Gasteiger partial charge in [0.2, 0.25) is 11.9 Å². The molecule has 4 heterocycles. The molecule has 0 aromatic carbocycles. The van der Waals surface area contributed by atoms with E-state index in [-0.39, 0.29) is 23.0 Å². The third-order valence-corrected chi connectivity index (χ3v) is 3.30. The van der Waals surface area contributed by atoms with E-state index in [9.17, 15) is 9.59 Å². The number of nitrogens with zero attached hydrogens (tertiary/aromatic N) is 6. The molecule has 12 nitrogen and oxygen atoms in total. The molecule has 0 aliphatic heterocycles. The second kappa shape index (κ2) is 5.49. The van der Waals surface area contributed by atoms with Crippen molar-refractivity contribution in [1.29, 1.82) is 0 Å². The number of aryl methyl sites for hydroxylation is 1. The van der Waals surface area contributed by atoms with Crippen LogP contribution in [0.25, 0.3) is 22.3 Å². The standard InChI is InChI=1S/2C6H7N5O/c1-11-2-8-4-3(11)5(12)10-6(7)9-4;1-11-5(12)3-4(9-2-8-3)10-6(11)7/h2H,1H3,(H3,7,9,10,12);2H,1H3,(H2,7,10)(H,8,9). The summed E-state index contributed by atoms with van der Waals surface area (Å²) in [5.41, 5.74) is 11.8. The molecule has 124 valence electrons. The molecule has 0 bridgehead atoms. The zero-order chi connectivity index (χ0) is 17.4. The minimum absolute atomic E-state index is 0.0891. The van der Waals surface area contributed by atoms with Crippen LogP contribution in [0, 0.1) is 0 Å². The molecule has 0 unspecified atom stereocenters. The number of anilines is 2. The largest absolute Gasteiger partial charge is 0.369 e. The minimum atomic E-state index is -0.266. The summed E-state index contributed by atoms with van der Waals surface area (Å²) in [7, 11) is 3.29. The van der Waals surface area contributed by atoms with Gasteiger partial charge in [-0.05, 0) is 0 Å². The first-order chi connectivity index (χ1) is 11.4. The number of aromatic amines is 2. The van der Waals surface area contributed by atoms with Crippen molar-refractivity contribution in [3.63, 3.8) is 0 Å². The normalized spacial score (nSPS) is 10.8. The van der Waals surface area contributed by atoms with Crippen LogP contribution >= 0.6 is 0 Å². The molecular formula is C12H14N10O2. The number of hydrogen-bond donors (Lipinski definition) is 4. The van der Waals surface area contributed by atoms with E-state index in [2.05, 4.69) is 29.9 Å². The van der Waals surface area contributed by atoms with Gasteiger partial charge in [0.25, 0.3) is 11.1 Å². The van der Waals surface area contributed by atoms with Gasteiger partial charge in [-0.3, -0.25) is 19.1 Å². The lowest BCUT2D eigenvalue weighted by Crippen LogP contribution is -2.21. The van der Waals surface area contributed by atoms with Crippen LogP contribution in [0.1, 0.15) is 0 Å². The van der Waals surface area contributed by atoms with Crippen LogP contribution in [-0.2, 0) is 14.1 Å². The molecule has 0 radical (unpaired) electrons. The summed E-state index contributed by atoms with van der Waals surface area (Å²) in [4.78, 5) is 43.2. The van der Waals surface area contributed by atoms with Crippen molar-refractivity contribution in [2.45, 2.75) is 0 Å². The molecular weight excluding hydrogens is 316 g/mol. The Balaban J connectivity index is 0.000000141. The van der Waals surface area contributed by atoms with Gasteiger partial charge in [-0.2, -0.15) is 9.97 Å². The minimum Gasteiger partial charge on any atom is -0.369 e. The van der Waals surface area contributed by atoms with Crippen molar-refractivity contribution in [3.05, 3.63) is 33.4 Å². The lowest BCUT2D eigenvalue weighted by atomic mass is 10.5. The molecule has 24 heavy (non-hydrogen) atoms. The van der Waals surface area contributed by atoms with Crippen LogP contribution in [0.4, 0.5) is 11.9 Å². The second-order valence-electron chi connectivity index (χ2n) is 4.91. The fourth-order valence-corrected chi connectivity index (χ4v) is 2.06. The summed E-state index contributed by atoms with van der Waals surface area (Å²) in [6.45, 7) is 0. The van der Waals surface area contributed by atoms with Crippen molar-refractivity contribution in [1.82, 2.24) is 39.0 Å². The quantitative estimate of drug-likeness (QED) is 0.300. The average molecular weight is 330 g/mol. The molecule has 12 heteroatoms. The highest BCUT2D eigenvalue weighted by atomic mass is 16.1. The lowest BCUT2D eigenvalue weighted by molar-refractivity contribution is 0.858. The van der Waals surface area contributed by atoms with E-state index >= 15 is 0 Å². The predicted molar refractivity (Wildman–Crippen MR) is 87.1 cm³/mol. The van der Waals surface area contributed by atoms with E-state index < -0.39 is 0 Å². The molecule has 0 saturated carbocycles. The van der Waals surface area contributed by atoms with Crippen LogP contribution in [-0.4, -0.2) is 39.0 Å². The summed E-state index contributed by atoms with van der Waals surface area (Å²) in [6.07, 6.45) is 2.94. The first kappa shape index (κ1) is 15.2. The van der Waals surface area contributed by atoms with Crippen molar-refractivity contribution in [2.24, 2.45) is 14.1 Å². The molecule has 4 aromatic rings. The van der Waals surface area contributed by atoms with E-state index in [1.54, 1.807) is 18.7 Å². The molecule has 0 fully saturated rings. The first-order valence-electron chi connectivity index (χ1n) is 6.71. The molecule has 0 spiro atoms. The summed E-state index contributed by atoms with van der Waals surface area (Å²) in [6, 6.07) is 0. The van der Waals surface area contributed by atoms with E-state index in [0.29, 0.717) is 22.3 Å². The maximum absolute atomic E-state index is 11.4. The molecule has 4 aromatic heterocycles. The second-order valence-corrected chi connectivity index (χ2v) is 4.91. The van der Waals surface area contributed by atoms with Crippen molar-refractivity contribution >= 4 is 34.2 Å². The van der Waals surface area contributed by atoms with Crippen LogP contribution in [0.15, 0.2) is 22.2 Å². The molecule has 0 saturated heterocycles. The molecule has 4 rings (SSSR count). The Kier molecular flexibility index (Phi) is 3.48. The number of hydrogen-bond acceptors (Lipinski definition) is 8. The number of H-pyrrole nitrogens is 2. The summed E-state index contributed by atoms with van der Waals surface area (Å²) >= 11 is 0. The summed E-state index contributed by atoms with van der Waals surface area (Å²) < 4.78 is 2.86. The van der Waals surface area contributed by atoms with Crippen molar-refractivity contribution < 1.29 is 0 Å². The summed E-state index contributed by atoms with van der Waals surface area (Å²) in [5, 5.41) is 0. The van der Waals surface area contributed by atoms with Crippen LogP contribution in [0.5, 0.6) is 0 Å². The summed E-state index contributed by atoms with van der Waals surface area (Å²) in [5.74, 6) is 0.255. The van der Waals surface area contributed by atoms with E-state index in [1.807, 2.05) is 0 Å². The first-order valence-corrected chi connectivity index (χ1v) is 6.71. The monoisotopic (exact) mass is 330 g/mol. The van der Waals surface area contributed by atoms with Gasteiger partial charge in [0, 0.05) is 14.1 Å². The highest BCUT2D eigenvalue weighted by Gasteiger charge is 2.06. The van der Waals surface area contributed by atoms with E-state index in [1.165, 1.54) is 17.2 Å². The SMILES string of the molecule is Cn1c(N)nc2nc[nH]c2c1=O.Cn1cnc2nc(N)[nH]c(=O)c21. The lowest BCUT2D eigenvalue weighted by Gasteiger charge is -1.99. The fraction of sp³-hybridized carbons (Fsp3) is 0.167. The zero-order valence-corrected chi connectivity index (χ0v) is 12.8. The third-order valence-electron chi connectivity index (χ3n) is 3.30. The van der Waals surface area contributed by atoms with E-state index in [0.717, 1.165) is 0 Å². The molecule has 6 N–H and O–H groups in total. The van der Waals surface area contributed by atoms with Gasteiger partial charge in [-0.1, -0.05) is 0 Å². The Hall–Kier alpha value is -3.70. The fourth-order valence-electron chi connectivity index (χ4n) is 2.06. The molecule has 0 aliphatic rings. The topological polar surface area (TPSA) is 179 Å². The smallest absolute Gasteiger partial charge is 0.280 e. The number of fused-ring (bicyclic) bond motifs is 2. The van der Waals surface area contributed by atoms with Crippen LogP contribution < -0.4 is 22.6 Å². The number of nitrogens with two attached hydrogens (primary N) is 2. The molecule has 0 aliphatic carbocycles. The molecule has 0 atom stereocenters. The Bertz CT molecular complexity index is 1150. The average Bonchev–Trinajstić information content (AvgIpc) is 3.12. The maximum Gasteiger partial charge on any atom is 0.280 e.